The molecule has 0 unspecified atom stereocenters. The molecule has 8 heteroatoms. The van der Waals surface area contributed by atoms with Gasteiger partial charge in [0.05, 0.1) is 5.56 Å². The minimum absolute atomic E-state index is 0.175. The first-order valence-electron chi connectivity index (χ1n) is 7.14. The number of carbonyl (C=O) groups is 1. The van der Waals surface area contributed by atoms with Crippen LogP contribution in [0.5, 0.6) is 0 Å². The fourth-order valence-corrected chi connectivity index (χ4v) is 2.57. The van der Waals surface area contributed by atoms with E-state index in [0.717, 1.165) is 4.47 Å². The van der Waals surface area contributed by atoms with E-state index in [1.165, 1.54) is 12.1 Å². The number of carbonyl (C=O) groups excluding carboxylic acids is 1. The number of nitrogens with zero attached hydrogens (tertiary/aromatic N) is 1. The number of aromatic nitrogens is 2. The van der Waals surface area contributed by atoms with Crippen LogP contribution in [-0.4, -0.2) is 16.1 Å². The normalized spacial score (nSPS) is 11.4. The third-order valence-electron chi connectivity index (χ3n) is 3.45. The lowest BCUT2D eigenvalue weighted by Crippen LogP contribution is -2.13. The van der Waals surface area contributed by atoms with Gasteiger partial charge in [-0.05, 0) is 29.8 Å². The van der Waals surface area contributed by atoms with E-state index in [1.807, 2.05) is 5.10 Å². The maximum Gasteiger partial charge on any atom is 0.433 e. The fourth-order valence-electron chi connectivity index (χ4n) is 2.30. The molecule has 0 fully saturated rings. The minimum atomic E-state index is -4.63. The number of nitrogens with one attached hydrogen (secondary N) is 2. The van der Waals surface area contributed by atoms with Gasteiger partial charge in [0.2, 0.25) is 0 Å². The van der Waals surface area contributed by atoms with E-state index in [4.69, 9.17) is 0 Å². The summed E-state index contributed by atoms with van der Waals surface area (Å²) in [5, 5.41) is 8.08. The first-order valence-corrected chi connectivity index (χ1v) is 7.93. The van der Waals surface area contributed by atoms with Crippen molar-refractivity contribution in [3.63, 3.8) is 0 Å². The van der Waals surface area contributed by atoms with Crippen LogP contribution in [0.15, 0.2) is 59.1 Å². The third-order valence-corrected chi connectivity index (χ3v) is 3.98. The molecule has 0 saturated carbocycles. The van der Waals surface area contributed by atoms with Gasteiger partial charge in [0.15, 0.2) is 5.82 Å². The average Bonchev–Trinajstić information content (AvgIpc) is 3.00. The molecule has 0 aliphatic rings. The number of amides is 1. The number of aromatic amines is 1. The molecule has 0 aliphatic carbocycles. The average molecular weight is 410 g/mol. The highest BCUT2D eigenvalue weighted by atomic mass is 79.9. The van der Waals surface area contributed by atoms with Crippen molar-refractivity contribution in [1.29, 1.82) is 0 Å². The molecule has 25 heavy (non-hydrogen) atoms. The molecule has 0 aliphatic heterocycles. The Balaban J connectivity index is 2.00. The summed E-state index contributed by atoms with van der Waals surface area (Å²) in [5.41, 5.74) is -0.600. The van der Waals surface area contributed by atoms with Crippen molar-refractivity contribution in [2.75, 3.05) is 5.32 Å². The Morgan fingerprint density at radius 1 is 1.04 bits per heavy atom. The summed E-state index contributed by atoms with van der Waals surface area (Å²) in [6.45, 7) is 0. The van der Waals surface area contributed by atoms with E-state index in [1.54, 1.807) is 42.5 Å². The number of halogens is 4. The van der Waals surface area contributed by atoms with E-state index in [0.29, 0.717) is 11.1 Å². The van der Waals surface area contributed by atoms with Crippen molar-refractivity contribution in [1.82, 2.24) is 10.2 Å². The smallest absolute Gasteiger partial charge is 0.305 e. The second kappa shape index (κ2) is 6.72. The lowest BCUT2D eigenvalue weighted by molar-refractivity contribution is -0.140. The fraction of sp³-hybridized carbons (Fsp3) is 0.0588. The van der Waals surface area contributed by atoms with Gasteiger partial charge in [-0.1, -0.05) is 46.3 Å². The molecule has 0 bridgehead atoms. The van der Waals surface area contributed by atoms with Crippen LogP contribution in [0.2, 0.25) is 0 Å². The molecule has 1 heterocycles. The Hall–Kier alpha value is -2.61. The van der Waals surface area contributed by atoms with Gasteiger partial charge in [-0.25, -0.2) is 0 Å². The number of H-pyrrole nitrogens is 1. The third kappa shape index (κ3) is 3.74. The number of hydrogen-bond donors (Lipinski definition) is 2. The lowest BCUT2D eigenvalue weighted by atomic mass is 10.0. The molecule has 1 aromatic heterocycles. The summed E-state index contributed by atoms with van der Waals surface area (Å²) < 4.78 is 40.6. The van der Waals surface area contributed by atoms with Gasteiger partial charge in [0.1, 0.15) is 5.69 Å². The second-order valence-corrected chi connectivity index (χ2v) is 6.06. The van der Waals surface area contributed by atoms with Crippen LogP contribution in [0.4, 0.5) is 19.0 Å². The Bertz CT molecular complexity index is 890. The zero-order valence-corrected chi connectivity index (χ0v) is 14.1. The summed E-state index contributed by atoms with van der Waals surface area (Å²) in [6.07, 6.45) is -4.63. The molecule has 0 atom stereocenters. The van der Waals surface area contributed by atoms with Crippen LogP contribution in [0.1, 0.15) is 16.1 Å². The first-order chi connectivity index (χ1) is 11.9. The van der Waals surface area contributed by atoms with Crippen LogP contribution in [0.3, 0.4) is 0 Å². The monoisotopic (exact) mass is 409 g/mol. The van der Waals surface area contributed by atoms with Crippen LogP contribution in [-0.2, 0) is 6.18 Å². The Morgan fingerprint density at radius 2 is 1.68 bits per heavy atom. The molecule has 2 aromatic carbocycles. The van der Waals surface area contributed by atoms with Gasteiger partial charge in [-0.3, -0.25) is 9.89 Å². The van der Waals surface area contributed by atoms with Gasteiger partial charge in [0.25, 0.3) is 5.91 Å². The van der Waals surface area contributed by atoms with Crippen molar-refractivity contribution in [2.24, 2.45) is 0 Å². The number of hydrogen-bond acceptors (Lipinski definition) is 2. The first kappa shape index (κ1) is 17.2. The molecule has 1 amide bonds. The van der Waals surface area contributed by atoms with Gasteiger partial charge in [-0.2, -0.15) is 18.3 Å². The predicted octanol–water partition coefficient (Wildman–Crippen LogP) is 5.11. The van der Waals surface area contributed by atoms with Crippen molar-refractivity contribution in [3.8, 4) is 11.1 Å². The van der Waals surface area contributed by atoms with E-state index in [9.17, 15) is 18.0 Å². The van der Waals surface area contributed by atoms with Crippen molar-refractivity contribution >= 4 is 27.7 Å². The SMILES string of the molecule is O=C(Nc1n[nH]c(C(F)(F)F)c1-c1ccccc1)c1ccc(Br)cc1. The molecule has 0 radical (unpaired) electrons. The molecular formula is C17H11BrF3N3O. The largest absolute Gasteiger partial charge is 0.433 e. The summed E-state index contributed by atoms with van der Waals surface area (Å²) in [4.78, 5) is 12.3. The Kier molecular flexibility index (Phi) is 4.63. The van der Waals surface area contributed by atoms with Crippen LogP contribution in [0.25, 0.3) is 11.1 Å². The second-order valence-electron chi connectivity index (χ2n) is 5.15. The zero-order valence-electron chi connectivity index (χ0n) is 12.6. The molecule has 0 spiro atoms. The van der Waals surface area contributed by atoms with E-state index in [2.05, 4.69) is 26.3 Å². The van der Waals surface area contributed by atoms with Crippen LogP contribution in [0, 0.1) is 0 Å². The molecule has 2 N–H and O–H groups in total. The van der Waals surface area contributed by atoms with Gasteiger partial charge in [-0.15, -0.1) is 0 Å². The van der Waals surface area contributed by atoms with Crippen molar-refractivity contribution < 1.29 is 18.0 Å². The summed E-state index contributed by atoms with van der Waals surface area (Å²) in [7, 11) is 0. The topological polar surface area (TPSA) is 57.8 Å². The molecular weight excluding hydrogens is 399 g/mol. The van der Waals surface area contributed by atoms with Crippen molar-refractivity contribution in [3.05, 3.63) is 70.3 Å². The van der Waals surface area contributed by atoms with Gasteiger partial charge in [0, 0.05) is 10.0 Å². The lowest BCUT2D eigenvalue weighted by Gasteiger charge is -2.10. The summed E-state index contributed by atoms with van der Waals surface area (Å²) in [6, 6.07) is 14.4. The van der Waals surface area contributed by atoms with Crippen LogP contribution >= 0.6 is 15.9 Å². The number of benzene rings is 2. The molecule has 128 valence electrons. The number of anilines is 1. The Labute approximate surface area is 149 Å². The highest BCUT2D eigenvalue weighted by molar-refractivity contribution is 9.10. The van der Waals surface area contributed by atoms with E-state index >= 15 is 0 Å². The molecule has 3 aromatic rings. The molecule has 3 rings (SSSR count). The Morgan fingerprint density at radius 3 is 2.28 bits per heavy atom. The standard InChI is InChI=1S/C17H11BrF3N3O/c18-12-8-6-11(7-9-12)16(25)22-15-13(10-4-2-1-3-5-10)14(23-24-15)17(19,20)21/h1-9H,(H2,22,23,24,25). The van der Waals surface area contributed by atoms with Crippen LogP contribution < -0.4 is 5.32 Å². The predicted molar refractivity (Wildman–Crippen MR) is 91.1 cm³/mol. The highest BCUT2D eigenvalue weighted by Gasteiger charge is 2.38. The van der Waals surface area contributed by atoms with Gasteiger partial charge >= 0.3 is 6.18 Å². The molecule has 4 nitrogen and oxygen atoms in total. The highest BCUT2D eigenvalue weighted by Crippen LogP contribution is 2.39. The zero-order chi connectivity index (χ0) is 18.0. The number of rotatable bonds is 3. The summed E-state index contributed by atoms with van der Waals surface area (Å²) >= 11 is 3.25. The maximum atomic E-state index is 13.3. The van der Waals surface area contributed by atoms with Gasteiger partial charge < -0.3 is 5.32 Å². The summed E-state index contributed by atoms with van der Waals surface area (Å²) in [5.74, 6) is -0.726. The number of alkyl halides is 3. The minimum Gasteiger partial charge on any atom is -0.305 e. The van der Waals surface area contributed by atoms with E-state index < -0.39 is 17.8 Å². The van der Waals surface area contributed by atoms with Crippen molar-refractivity contribution in [2.45, 2.75) is 6.18 Å². The molecule has 0 saturated heterocycles. The quantitative estimate of drug-likeness (QED) is 0.631. The van der Waals surface area contributed by atoms with E-state index in [-0.39, 0.29) is 11.4 Å². The maximum absolute atomic E-state index is 13.3.